The highest BCUT2D eigenvalue weighted by Gasteiger charge is 2.20. The number of anilines is 1. The van der Waals surface area contributed by atoms with Gasteiger partial charge >= 0.3 is 0 Å². The van der Waals surface area contributed by atoms with E-state index in [-0.39, 0.29) is 21.9 Å². The molecule has 0 bridgehead atoms. The molecule has 9 nitrogen and oxygen atoms in total. The Morgan fingerprint density at radius 1 is 1.28 bits per heavy atom. The van der Waals surface area contributed by atoms with Crippen LogP contribution < -0.4 is 19.5 Å². The molecular weight excluding hydrogens is 368 g/mol. The van der Waals surface area contributed by atoms with Gasteiger partial charge in [-0.1, -0.05) is 17.4 Å². The number of methoxy groups -OCH3 is 1. The van der Waals surface area contributed by atoms with E-state index in [1.807, 2.05) is 6.92 Å². The molecule has 11 heteroatoms. The maximum absolute atomic E-state index is 12.3. The molecule has 0 aliphatic carbocycles. The molecule has 136 valence electrons. The van der Waals surface area contributed by atoms with Crippen LogP contribution in [0.5, 0.6) is 11.5 Å². The number of carbonyl (C=O) groups excluding carboxylic acids is 1. The first-order valence-corrected chi connectivity index (χ1v) is 9.56. The Bertz CT molecular complexity index is 851. The molecule has 0 aliphatic heterocycles. The van der Waals surface area contributed by atoms with Crippen molar-refractivity contribution >= 4 is 32.4 Å². The van der Waals surface area contributed by atoms with Crippen molar-refractivity contribution in [3.05, 3.63) is 23.8 Å². The molecule has 2 aromatic rings. The fourth-order valence-electron chi connectivity index (χ4n) is 1.86. The molecule has 2 N–H and O–H groups in total. The second-order valence-electron chi connectivity index (χ2n) is 4.80. The zero-order valence-electron chi connectivity index (χ0n) is 13.9. The van der Waals surface area contributed by atoms with Crippen molar-refractivity contribution in [1.29, 1.82) is 0 Å². The number of rotatable bonds is 8. The van der Waals surface area contributed by atoms with Crippen LogP contribution >= 0.6 is 11.3 Å². The van der Waals surface area contributed by atoms with Crippen LogP contribution in [0.3, 0.4) is 0 Å². The van der Waals surface area contributed by atoms with Gasteiger partial charge in [0.1, 0.15) is 0 Å². The number of sulfonamides is 1. The van der Waals surface area contributed by atoms with Gasteiger partial charge in [0, 0.05) is 13.5 Å². The van der Waals surface area contributed by atoms with Gasteiger partial charge in [0.05, 0.1) is 13.7 Å². The quantitative estimate of drug-likeness (QED) is 0.658. The van der Waals surface area contributed by atoms with Gasteiger partial charge < -0.3 is 14.8 Å². The molecule has 1 aromatic heterocycles. The minimum atomic E-state index is -3.84. The van der Waals surface area contributed by atoms with E-state index in [9.17, 15) is 13.2 Å². The van der Waals surface area contributed by atoms with Gasteiger partial charge in [-0.15, -0.1) is 10.2 Å². The minimum Gasteiger partial charge on any atom is -0.493 e. The maximum Gasteiger partial charge on any atom is 0.270 e. The molecule has 25 heavy (non-hydrogen) atoms. The lowest BCUT2D eigenvalue weighted by Gasteiger charge is -2.11. The molecular formula is C14H18N4O5S2. The number of ether oxygens (including phenoxy) is 2. The fraction of sp³-hybridized carbons (Fsp3) is 0.357. The average molecular weight is 386 g/mol. The summed E-state index contributed by atoms with van der Waals surface area (Å²) in [6.45, 7) is 3.65. The molecule has 1 aromatic carbocycles. The Hall–Kier alpha value is -2.24. The molecule has 1 amide bonds. The van der Waals surface area contributed by atoms with Crippen LogP contribution in [0.2, 0.25) is 0 Å². The Labute approximate surface area is 149 Å². The second-order valence-corrected chi connectivity index (χ2v) is 7.72. The predicted molar refractivity (Wildman–Crippen MR) is 92.4 cm³/mol. The number of hydrogen-bond donors (Lipinski definition) is 2. The number of nitrogens with one attached hydrogen (secondary N) is 2. The van der Waals surface area contributed by atoms with Gasteiger partial charge in [-0.3, -0.25) is 4.79 Å². The van der Waals surface area contributed by atoms with E-state index in [0.717, 1.165) is 11.3 Å². The van der Waals surface area contributed by atoms with Crippen molar-refractivity contribution in [2.75, 3.05) is 19.0 Å². The summed E-state index contributed by atoms with van der Waals surface area (Å²) in [7, 11) is -2.31. The Balaban J connectivity index is 2.10. The summed E-state index contributed by atoms with van der Waals surface area (Å²) >= 11 is 0.771. The molecule has 0 aliphatic rings. The van der Waals surface area contributed by atoms with Crippen LogP contribution in [-0.2, 0) is 21.4 Å². The van der Waals surface area contributed by atoms with E-state index in [2.05, 4.69) is 20.2 Å². The zero-order chi connectivity index (χ0) is 18.4. The summed E-state index contributed by atoms with van der Waals surface area (Å²) in [6, 6.07) is 5.13. The second kappa shape index (κ2) is 8.23. The minimum absolute atomic E-state index is 0.0431. The summed E-state index contributed by atoms with van der Waals surface area (Å²) in [5.41, 5.74) is 0.694. The molecule has 2 rings (SSSR count). The molecule has 0 saturated heterocycles. The molecule has 0 radical (unpaired) electrons. The lowest BCUT2D eigenvalue weighted by Crippen LogP contribution is -2.23. The largest absolute Gasteiger partial charge is 0.493 e. The van der Waals surface area contributed by atoms with E-state index < -0.39 is 10.0 Å². The maximum atomic E-state index is 12.3. The Kier molecular flexibility index (Phi) is 6.28. The van der Waals surface area contributed by atoms with Crippen molar-refractivity contribution in [2.45, 2.75) is 24.7 Å². The third kappa shape index (κ3) is 5.11. The van der Waals surface area contributed by atoms with Gasteiger partial charge in [-0.25, -0.2) is 13.1 Å². The highest BCUT2D eigenvalue weighted by atomic mass is 32.2. The molecule has 0 saturated carbocycles. The van der Waals surface area contributed by atoms with E-state index in [1.54, 1.807) is 18.2 Å². The highest BCUT2D eigenvalue weighted by molar-refractivity contribution is 7.91. The highest BCUT2D eigenvalue weighted by Crippen LogP contribution is 2.28. The van der Waals surface area contributed by atoms with Gasteiger partial charge in [0.2, 0.25) is 15.4 Å². The van der Waals surface area contributed by atoms with E-state index in [0.29, 0.717) is 23.7 Å². The first kappa shape index (κ1) is 19.1. The standard InChI is InChI=1S/C14H18N4O5S2/c1-4-23-12-7-10(5-6-11(12)22-3)8-15-25(20,21)14-18-17-13(24-14)16-9(2)19/h5-7,15H,4,8H2,1-3H3,(H,16,17,19). The van der Waals surface area contributed by atoms with Crippen molar-refractivity contribution in [3.63, 3.8) is 0 Å². The summed E-state index contributed by atoms with van der Waals surface area (Å²) in [6.07, 6.45) is 0. The number of amides is 1. The SMILES string of the molecule is CCOc1cc(CNS(=O)(=O)c2nnc(NC(C)=O)s2)ccc1OC. The molecule has 0 unspecified atom stereocenters. The summed E-state index contributed by atoms with van der Waals surface area (Å²) in [4.78, 5) is 11.0. The average Bonchev–Trinajstić information content (AvgIpc) is 3.02. The number of benzene rings is 1. The molecule has 0 fully saturated rings. The van der Waals surface area contributed by atoms with Crippen molar-refractivity contribution in [2.24, 2.45) is 0 Å². The first-order chi connectivity index (χ1) is 11.9. The zero-order valence-corrected chi connectivity index (χ0v) is 15.5. The summed E-state index contributed by atoms with van der Waals surface area (Å²) < 4.78 is 37.4. The Morgan fingerprint density at radius 2 is 2.04 bits per heavy atom. The normalized spacial score (nSPS) is 11.2. The van der Waals surface area contributed by atoms with Crippen LogP contribution in [0.25, 0.3) is 0 Å². The topological polar surface area (TPSA) is 120 Å². The van der Waals surface area contributed by atoms with Gasteiger partial charge in [0.25, 0.3) is 10.0 Å². The van der Waals surface area contributed by atoms with Crippen LogP contribution in [0, 0.1) is 0 Å². The molecule has 0 spiro atoms. The van der Waals surface area contributed by atoms with Gasteiger partial charge in [-0.2, -0.15) is 0 Å². The summed E-state index contributed by atoms with van der Waals surface area (Å²) in [5.74, 6) is 0.748. The third-order valence-electron chi connectivity index (χ3n) is 2.91. The third-order valence-corrected chi connectivity index (χ3v) is 5.52. The van der Waals surface area contributed by atoms with Crippen molar-refractivity contribution in [3.8, 4) is 11.5 Å². The lowest BCUT2D eigenvalue weighted by molar-refractivity contribution is -0.114. The van der Waals surface area contributed by atoms with Crippen LogP contribution in [0.4, 0.5) is 5.13 Å². The Morgan fingerprint density at radius 3 is 2.68 bits per heavy atom. The van der Waals surface area contributed by atoms with Crippen LogP contribution in [0.15, 0.2) is 22.5 Å². The number of carbonyl (C=O) groups is 1. The monoisotopic (exact) mass is 386 g/mol. The van der Waals surface area contributed by atoms with Crippen molar-refractivity contribution in [1.82, 2.24) is 14.9 Å². The van der Waals surface area contributed by atoms with Gasteiger partial charge in [0.15, 0.2) is 11.5 Å². The smallest absolute Gasteiger partial charge is 0.270 e. The predicted octanol–water partition coefficient (Wildman–Crippen LogP) is 1.38. The van der Waals surface area contributed by atoms with E-state index >= 15 is 0 Å². The number of aromatic nitrogens is 2. The lowest BCUT2D eigenvalue weighted by atomic mass is 10.2. The first-order valence-electron chi connectivity index (χ1n) is 7.26. The van der Waals surface area contributed by atoms with Crippen LogP contribution in [0.1, 0.15) is 19.4 Å². The summed E-state index contributed by atoms with van der Waals surface area (Å²) in [5, 5.41) is 9.72. The van der Waals surface area contributed by atoms with Crippen LogP contribution in [-0.4, -0.2) is 38.2 Å². The van der Waals surface area contributed by atoms with E-state index in [4.69, 9.17) is 9.47 Å². The molecule has 0 atom stereocenters. The van der Waals surface area contributed by atoms with Gasteiger partial charge in [-0.05, 0) is 24.6 Å². The number of hydrogen-bond acceptors (Lipinski definition) is 8. The molecule has 1 heterocycles. The van der Waals surface area contributed by atoms with Crippen molar-refractivity contribution < 1.29 is 22.7 Å². The van der Waals surface area contributed by atoms with E-state index in [1.165, 1.54) is 14.0 Å². The fourth-order valence-corrected chi connectivity index (χ4v) is 3.86. The number of nitrogens with zero attached hydrogens (tertiary/aromatic N) is 2.